The molecule has 1 aromatic heterocycles. The van der Waals surface area contributed by atoms with Gasteiger partial charge in [0.15, 0.2) is 0 Å². The maximum absolute atomic E-state index is 12.2. The van der Waals surface area contributed by atoms with Gasteiger partial charge in [-0.05, 0) is 25.5 Å². The van der Waals surface area contributed by atoms with Crippen LogP contribution in [-0.2, 0) is 0 Å². The van der Waals surface area contributed by atoms with E-state index >= 15 is 0 Å². The number of carbonyl (C=O) groups excluding carboxylic acids is 1. The Kier molecular flexibility index (Phi) is 3.47. The summed E-state index contributed by atoms with van der Waals surface area (Å²) in [6.07, 6.45) is 1.02. The average Bonchev–Trinajstić information content (AvgIpc) is 2.97. The molecule has 2 N–H and O–H groups in total. The third-order valence-corrected chi connectivity index (χ3v) is 3.32. The molecule has 1 aromatic rings. The largest absolute Gasteiger partial charge is 0.336 e. The van der Waals surface area contributed by atoms with Crippen molar-refractivity contribution in [1.29, 1.82) is 0 Å². The highest BCUT2D eigenvalue weighted by atomic mass is 16.2. The SMILES string of the molecule is CNC1CCN(C(=O)c2cc(C(C)C)[nH]n2)C1. The monoisotopic (exact) mass is 236 g/mol. The van der Waals surface area contributed by atoms with Crippen molar-refractivity contribution in [3.05, 3.63) is 17.5 Å². The summed E-state index contributed by atoms with van der Waals surface area (Å²) < 4.78 is 0. The molecule has 0 aromatic carbocycles. The first-order valence-electron chi connectivity index (χ1n) is 6.13. The molecule has 5 nitrogen and oxygen atoms in total. The standard InChI is InChI=1S/C12H20N4O/c1-8(2)10-6-11(15-14-10)12(17)16-5-4-9(7-16)13-3/h6,8-9,13H,4-5,7H2,1-3H3,(H,14,15). The fourth-order valence-electron chi connectivity index (χ4n) is 2.08. The second kappa shape index (κ2) is 4.87. The minimum absolute atomic E-state index is 0.0332. The fourth-order valence-corrected chi connectivity index (χ4v) is 2.08. The summed E-state index contributed by atoms with van der Waals surface area (Å²) in [5.74, 6) is 0.401. The number of rotatable bonds is 3. The lowest BCUT2D eigenvalue weighted by Crippen LogP contribution is -2.33. The van der Waals surface area contributed by atoms with E-state index in [4.69, 9.17) is 0 Å². The van der Waals surface area contributed by atoms with Crippen LogP contribution in [0.5, 0.6) is 0 Å². The molecule has 0 aliphatic carbocycles. The van der Waals surface area contributed by atoms with E-state index < -0.39 is 0 Å². The summed E-state index contributed by atoms with van der Waals surface area (Å²) >= 11 is 0. The molecule has 1 unspecified atom stereocenters. The minimum atomic E-state index is 0.0332. The molecule has 17 heavy (non-hydrogen) atoms. The van der Waals surface area contributed by atoms with Crippen LogP contribution in [-0.4, -0.2) is 47.2 Å². The van der Waals surface area contributed by atoms with Gasteiger partial charge in [-0.25, -0.2) is 0 Å². The number of aromatic nitrogens is 2. The van der Waals surface area contributed by atoms with E-state index in [0.29, 0.717) is 17.7 Å². The van der Waals surface area contributed by atoms with Crippen LogP contribution in [0.2, 0.25) is 0 Å². The summed E-state index contributed by atoms with van der Waals surface area (Å²) in [6.45, 7) is 5.75. The molecular weight excluding hydrogens is 216 g/mol. The quantitative estimate of drug-likeness (QED) is 0.822. The minimum Gasteiger partial charge on any atom is -0.336 e. The van der Waals surface area contributed by atoms with Gasteiger partial charge in [-0.15, -0.1) is 0 Å². The normalized spacial score (nSPS) is 20.2. The summed E-state index contributed by atoms with van der Waals surface area (Å²) in [6, 6.07) is 2.28. The maximum atomic E-state index is 12.2. The van der Waals surface area contributed by atoms with Gasteiger partial charge in [0.1, 0.15) is 5.69 Å². The van der Waals surface area contributed by atoms with E-state index in [9.17, 15) is 4.79 Å². The number of amides is 1. The molecule has 0 bridgehead atoms. The van der Waals surface area contributed by atoms with Crippen LogP contribution in [0.15, 0.2) is 6.07 Å². The van der Waals surface area contributed by atoms with Crippen LogP contribution >= 0.6 is 0 Å². The first kappa shape index (κ1) is 12.1. The Hall–Kier alpha value is -1.36. The molecule has 2 rings (SSSR count). The van der Waals surface area contributed by atoms with Crippen molar-refractivity contribution in [2.45, 2.75) is 32.2 Å². The van der Waals surface area contributed by atoms with Gasteiger partial charge in [0, 0.05) is 24.8 Å². The first-order chi connectivity index (χ1) is 8.11. The lowest BCUT2D eigenvalue weighted by Gasteiger charge is -2.14. The third kappa shape index (κ3) is 2.49. The predicted molar refractivity (Wildman–Crippen MR) is 66.0 cm³/mol. The van der Waals surface area contributed by atoms with Crippen LogP contribution in [0.1, 0.15) is 42.4 Å². The summed E-state index contributed by atoms with van der Waals surface area (Å²) in [5.41, 5.74) is 1.54. The summed E-state index contributed by atoms with van der Waals surface area (Å²) in [4.78, 5) is 14.0. The van der Waals surface area contributed by atoms with Crippen molar-refractivity contribution in [2.24, 2.45) is 0 Å². The van der Waals surface area contributed by atoms with E-state index in [1.807, 2.05) is 18.0 Å². The van der Waals surface area contributed by atoms with Crippen LogP contribution in [0.3, 0.4) is 0 Å². The zero-order valence-electron chi connectivity index (χ0n) is 10.7. The summed E-state index contributed by atoms with van der Waals surface area (Å²) in [5, 5.41) is 10.2. The van der Waals surface area contributed by atoms with Crippen LogP contribution in [0.4, 0.5) is 0 Å². The lowest BCUT2D eigenvalue weighted by molar-refractivity contribution is 0.0784. The molecule has 1 aliphatic rings. The van der Waals surface area contributed by atoms with Gasteiger partial charge in [0.2, 0.25) is 0 Å². The molecular formula is C12H20N4O. The van der Waals surface area contributed by atoms with Gasteiger partial charge in [-0.2, -0.15) is 5.10 Å². The van der Waals surface area contributed by atoms with Gasteiger partial charge in [-0.1, -0.05) is 13.8 Å². The zero-order valence-corrected chi connectivity index (χ0v) is 10.7. The van der Waals surface area contributed by atoms with E-state index in [2.05, 4.69) is 29.4 Å². The molecule has 2 heterocycles. The Morgan fingerprint density at radius 3 is 2.94 bits per heavy atom. The van der Waals surface area contributed by atoms with Gasteiger partial charge in [0.05, 0.1) is 0 Å². The number of H-pyrrole nitrogens is 1. The maximum Gasteiger partial charge on any atom is 0.274 e. The van der Waals surface area contributed by atoms with Gasteiger partial charge >= 0.3 is 0 Å². The number of aromatic amines is 1. The number of nitrogens with one attached hydrogen (secondary N) is 2. The van der Waals surface area contributed by atoms with Crippen molar-refractivity contribution in [2.75, 3.05) is 20.1 Å². The van der Waals surface area contributed by atoms with Gasteiger partial charge in [0.25, 0.3) is 5.91 Å². The van der Waals surface area contributed by atoms with E-state index in [-0.39, 0.29) is 5.91 Å². The number of hydrogen-bond donors (Lipinski definition) is 2. The molecule has 5 heteroatoms. The van der Waals surface area contributed by atoms with Crippen LogP contribution in [0.25, 0.3) is 0 Å². The Bertz CT molecular complexity index is 399. The number of nitrogens with zero attached hydrogens (tertiary/aromatic N) is 2. The number of likely N-dealkylation sites (tertiary alicyclic amines) is 1. The Balaban J connectivity index is 2.04. The van der Waals surface area contributed by atoms with Crippen molar-refractivity contribution >= 4 is 5.91 Å². The summed E-state index contributed by atoms with van der Waals surface area (Å²) in [7, 11) is 1.93. The lowest BCUT2D eigenvalue weighted by atomic mass is 10.1. The van der Waals surface area contributed by atoms with Crippen molar-refractivity contribution in [3.63, 3.8) is 0 Å². The predicted octanol–water partition coefficient (Wildman–Crippen LogP) is 0.967. The third-order valence-electron chi connectivity index (χ3n) is 3.32. The van der Waals surface area contributed by atoms with Crippen molar-refractivity contribution < 1.29 is 4.79 Å². The van der Waals surface area contributed by atoms with E-state index in [0.717, 1.165) is 25.2 Å². The molecule has 1 aliphatic heterocycles. The second-order valence-corrected chi connectivity index (χ2v) is 4.89. The van der Waals surface area contributed by atoms with E-state index in [1.165, 1.54) is 0 Å². The first-order valence-corrected chi connectivity index (χ1v) is 6.13. The highest BCUT2D eigenvalue weighted by Gasteiger charge is 2.27. The smallest absolute Gasteiger partial charge is 0.274 e. The molecule has 1 atom stereocenters. The molecule has 0 radical (unpaired) electrons. The number of likely N-dealkylation sites (N-methyl/N-ethyl adjacent to an activating group) is 1. The molecule has 94 valence electrons. The van der Waals surface area contributed by atoms with Gasteiger partial charge < -0.3 is 10.2 Å². The molecule has 1 fully saturated rings. The highest BCUT2D eigenvalue weighted by molar-refractivity contribution is 5.92. The molecule has 0 spiro atoms. The Morgan fingerprint density at radius 1 is 1.65 bits per heavy atom. The topological polar surface area (TPSA) is 61.0 Å². The van der Waals surface area contributed by atoms with Crippen molar-refractivity contribution in [1.82, 2.24) is 20.4 Å². The van der Waals surface area contributed by atoms with Crippen LogP contribution in [0, 0.1) is 0 Å². The Morgan fingerprint density at radius 2 is 2.41 bits per heavy atom. The zero-order chi connectivity index (χ0) is 12.4. The van der Waals surface area contributed by atoms with E-state index in [1.54, 1.807) is 0 Å². The van der Waals surface area contributed by atoms with Crippen molar-refractivity contribution in [3.8, 4) is 0 Å². The number of carbonyl (C=O) groups is 1. The fraction of sp³-hybridized carbons (Fsp3) is 0.667. The Labute approximate surface area is 102 Å². The highest BCUT2D eigenvalue weighted by Crippen LogP contribution is 2.16. The van der Waals surface area contributed by atoms with Gasteiger partial charge in [-0.3, -0.25) is 9.89 Å². The average molecular weight is 236 g/mol. The number of hydrogen-bond acceptors (Lipinski definition) is 3. The molecule has 1 saturated heterocycles. The van der Waals surface area contributed by atoms with Crippen LogP contribution < -0.4 is 5.32 Å². The second-order valence-electron chi connectivity index (χ2n) is 4.89. The molecule has 1 amide bonds. The molecule has 0 saturated carbocycles.